The Morgan fingerprint density at radius 1 is 1.22 bits per heavy atom. The number of fused-ring (bicyclic) bond motifs is 3. The van der Waals surface area contributed by atoms with E-state index in [1.165, 1.54) is 25.7 Å². The van der Waals surface area contributed by atoms with Gasteiger partial charge in [0, 0.05) is 19.1 Å². The Morgan fingerprint density at radius 2 is 2.00 bits per heavy atom. The monoisotopic (exact) mass is 334 g/mol. The van der Waals surface area contributed by atoms with Crippen LogP contribution in [0.5, 0.6) is 0 Å². The Hall–Kier alpha value is -1.60. The lowest BCUT2D eigenvalue weighted by atomic mass is 10.2. The predicted octanol–water partition coefficient (Wildman–Crippen LogP) is 2.17. The van der Waals surface area contributed by atoms with Crippen LogP contribution in [0.25, 0.3) is 11.0 Å². The molecule has 0 spiro atoms. The minimum Gasteiger partial charge on any atom is -0.326 e. The fraction of sp³-hybridized carbons (Fsp3) is 0.562. The number of nitrogens with one attached hydrogen (secondary N) is 1. The van der Waals surface area contributed by atoms with E-state index in [1.54, 1.807) is 0 Å². The zero-order chi connectivity index (χ0) is 16.0. The molecule has 0 radical (unpaired) electrons. The summed E-state index contributed by atoms with van der Waals surface area (Å²) in [7, 11) is -3.26. The van der Waals surface area contributed by atoms with E-state index in [-0.39, 0.29) is 0 Å². The largest absolute Gasteiger partial charge is 0.326 e. The van der Waals surface area contributed by atoms with Crippen molar-refractivity contribution >= 4 is 26.7 Å². The van der Waals surface area contributed by atoms with Crippen molar-refractivity contribution in [1.29, 1.82) is 0 Å². The van der Waals surface area contributed by atoms with Gasteiger partial charge in [0.05, 0.1) is 29.5 Å². The average Bonchev–Trinajstić information content (AvgIpc) is 3.11. The van der Waals surface area contributed by atoms with E-state index in [0.29, 0.717) is 11.7 Å². The van der Waals surface area contributed by atoms with Gasteiger partial charge in [-0.25, -0.2) is 13.4 Å². The van der Waals surface area contributed by atoms with Crippen LogP contribution in [0.15, 0.2) is 18.2 Å². The number of imidazole rings is 1. The van der Waals surface area contributed by atoms with Crippen molar-refractivity contribution in [2.45, 2.75) is 44.8 Å². The zero-order valence-electron chi connectivity index (χ0n) is 13.3. The number of anilines is 1. The topological polar surface area (TPSA) is 67.2 Å². The van der Waals surface area contributed by atoms with Crippen LogP contribution < -0.4 is 4.72 Å². The summed E-state index contributed by atoms with van der Waals surface area (Å²) in [5.41, 5.74) is 2.52. The lowest BCUT2D eigenvalue weighted by molar-refractivity contribution is 0.156. The fourth-order valence-corrected chi connectivity index (χ4v) is 4.45. The molecular formula is C16H22N4O2S. The minimum atomic E-state index is -3.26. The molecule has 0 unspecified atom stereocenters. The number of hydrogen-bond acceptors (Lipinski definition) is 4. The normalized spacial score (nSPS) is 20.0. The molecule has 1 aliphatic carbocycles. The first kappa shape index (κ1) is 15.0. The molecule has 0 amide bonds. The van der Waals surface area contributed by atoms with Gasteiger partial charge in [0.1, 0.15) is 5.82 Å². The molecule has 4 rings (SSSR count). The minimum absolute atomic E-state index is 0.572. The zero-order valence-corrected chi connectivity index (χ0v) is 14.1. The summed E-state index contributed by atoms with van der Waals surface area (Å²) in [5.74, 6) is 1.09. The van der Waals surface area contributed by atoms with E-state index in [1.807, 2.05) is 18.2 Å². The van der Waals surface area contributed by atoms with Crippen molar-refractivity contribution in [3.05, 3.63) is 24.0 Å². The molecule has 23 heavy (non-hydrogen) atoms. The highest BCUT2D eigenvalue weighted by Crippen LogP contribution is 2.29. The fourth-order valence-electron chi connectivity index (χ4n) is 3.90. The van der Waals surface area contributed by atoms with Crippen LogP contribution >= 0.6 is 0 Å². The molecule has 124 valence electrons. The van der Waals surface area contributed by atoms with E-state index in [4.69, 9.17) is 4.98 Å². The Balaban J connectivity index is 1.64. The van der Waals surface area contributed by atoms with Gasteiger partial charge in [-0.05, 0) is 31.0 Å². The molecule has 1 fully saturated rings. The molecule has 0 bridgehead atoms. The SMILES string of the molecule is CS(=O)(=O)Nc1ccc2c(c1)nc1n2CCN(C2CCCC2)C1. The molecule has 1 aliphatic heterocycles. The predicted molar refractivity (Wildman–Crippen MR) is 90.9 cm³/mol. The van der Waals surface area contributed by atoms with Gasteiger partial charge in [0.2, 0.25) is 10.0 Å². The van der Waals surface area contributed by atoms with E-state index >= 15 is 0 Å². The number of nitrogens with zero attached hydrogens (tertiary/aromatic N) is 3. The van der Waals surface area contributed by atoms with Crippen LogP contribution in [0.1, 0.15) is 31.5 Å². The lowest BCUT2D eigenvalue weighted by Gasteiger charge is -2.32. The molecule has 0 saturated heterocycles. The first-order chi connectivity index (χ1) is 11.0. The van der Waals surface area contributed by atoms with Crippen molar-refractivity contribution < 1.29 is 8.42 Å². The summed E-state index contributed by atoms with van der Waals surface area (Å²) < 4.78 is 27.5. The third kappa shape index (κ3) is 2.95. The van der Waals surface area contributed by atoms with Crippen LogP contribution in [0, 0.1) is 0 Å². The molecule has 1 saturated carbocycles. The van der Waals surface area contributed by atoms with E-state index in [0.717, 1.165) is 42.7 Å². The maximum absolute atomic E-state index is 11.4. The molecule has 1 aromatic carbocycles. The molecule has 0 atom stereocenters. The van der Waals surface area contributed by atoms with E-state index < -0.39 is 10.0 Å². The van der Waals surface area contributed by atoms with Gasteiger partial charge < -0.3 is 4.57 Å². The summed E-state index contributed by atoms with van der Waals surface area (Å²) in [6.07, 6.45) is 6.47. The van der Waals surface area contributed by atoms with Gasteiger partial charge >= 0.3 is 0 Å². The summed E-state index contributed by atoms with van der Waals surface area (Å²) in [6, 6.07) is 6.31. The molecule has 1 aromatic heterocycles. The van der Waals surface area contributed by atoms with Crippen molar-refractivity contribution in [2.24, 2.45) is 0 Å². The Kier molecular flexibility index (Phi) is 3.57. The lowest BCUT2D eigenvalue weighted by Crippen LogP contribution is -2.39. The Morgan fingerprint density at radius 3 is 2.74 bits per heavy atom. The number of aromatic nitrogens is 2. The van der Waals surface area contributed by atoms with Crippen molar-refractivity contribution in [3.63, 3.8) is 0 Å². The average molecular weight is 334 g/mol. The van der Waals surface area contributed by atoms with Gasteiger partial charge in [0.15, 0.2) is 0 Å². The van der Waals surface area contributed by atoms with Crippen molar-refractivity contribution in [2.75, 3.05) is 17.5 Å². The van der Waals surface area contributed by atoms with Crippen LogP contribution in [-0.2, 0) is 23.1 Å². The number of sulfonamides is 1. The molecule has 1 N–H and O–H groups in total. The van der Waals surface area contributed by atoms with Crippen LogP contribution in [0.3, 0.4) is 0 Å². The van der Waals surface area contributed by atoms with E-state index in [9.17, 15) is 8.42 Å². The van der Waals surface area contributed by atoms with Gasteiger partial charge in [0.25, 0.3) is 0 Å². The van der Waals surface area contributed by atoms with Gasteiger partial charge in [-0.1, -0.05) is 12.8 Å². The van der Waals surface area contributed by atoms with Crippen LogP contribution in [-0.4, -0.2) is 41.7 Å². The van der Waals surface area contributed by atoms with Gasteiger partial charge in [-0.3, -0.25) is 9.62 Å². The second-order valence-electron chi connectivity index (χ2n) is 6.67. The third-order valence-electron chi connectivity index (χ3n) is 4.93. The maximum Gasteiger partial charge on any atom is 0.229 e. The first-order valence-electron chi connectivity index (χ1n) is 8.21. The summed E-state index contributed by atoms with van der Waals surface area (Å²) in [6.45, 7) is 2.93. The number of rotatable bonds is 3. The Bertz CT molecular complexity index is 837. The van der Waals surface area contributed by atoms with E-state index in [2.05, 4.69) is 14.2 Å². The third-order valence-corrected chi connectivity index (χ3v) is 5.53. The Labute approximate surface area is 136 Å². The van der Waals surface area contributed by atoms with Gasteiger partial charge in [-0.2, -0.15) is 0 Å². The second-order valence-corrected chi connectivity index (χ2v) is 8.41. The standard InChI is InChI=1S/C16H22N4O2S/c1-23(21,22)18-12-6-7-15-14(10-12)17-16-11-19(8-9-20(15)16)13-4-2-3-5-13/h6-7,10,13,18H,2-5,8-9,11H2,1H3. The molecule has 6 nitrogen and oxygen atoms in total. The maximum atomic E-state index is 11.4. The number of hydrogen-bond donors (Lipinski definition) is 1. The van der Waals surface area contributed by atoms with Gasteiger partial charge in [-0.15, -0.1) is 0 Å². The summed E-state index contributed by atoms with van der Waals surface area (Å²) in [4.78, 5) is 7.31. The van der Waals surface area contributed by atoms with Crippen LogP contribution in [0.4, 0.5) is 5.69 Å². The highest BCUT2D eigenvalue weighted by Gasteiger charge is 2.27. The quantitative estimate of drug-likeness (QED) is 0.934. The molecule has 7 heteroatoms. The number of benzene rings is 1. The summed E-state index contributed by atoms with van der Waals surface area (Å²) >= 11 is 0. The first-order valence-corrected chi connectivity index (χ1v) is 10.1. The molecule has 2 aromatic rings. The highest BCUT2D eigenvalue weighted by atomic mass is 32.2. The van der Waals surface area contributed by atoms with Crippen LogP contribution in [0.2, 0.25) is 0 Å². The second kappa shape index (κ2) is 5.49. The highest BCUT2D eigenvalue weighted by molar-refractivity contribution is 7.92. The molecule has 2 heterocycles. The van der Waals surface area contributed by atoms with Crippen molar-refractivity contribution in [3.8, 4) is 0 Å². The molecule has 2 aliphatic rings. The summed E-state index contributed by atoms with van der Waals surface area (Å²) in [5, 5.41) is 0. The molecular weight excluding hydrogens is 312 g/mol. The smallest absolute Gasteiger partial charge is 0.229 e. The van der Waals surface area contributed by atoms with Crippen molar-refractivity contribution in [1.82, 2.24) is 14.5 Å².